The fraction of sp³-hybridized carbons (Fsp3) is 0.214. The fourth-order valence-electron chi connectivity index (χ4n) is 4.80. The SMILES string of the molecule is S=C(Nc1cccc2ccccc12)N[C@H]1CCCC[C@@H]1NC(=S)Nc1cccc2ccccc12. The number of hydrogen-bond acceptors (Lipinski definition) is 2. The van der Waals surface area contributed by atoms with Crippen LogP contribution in [0, 0.1) is 0 Å². The van der Waals surface area contributed by atoms with E-state index in [1.54, 1.807) is 0 Å². The van der Waals surface area contributed by atoms with E-state index < -0.39 is 0 Å². The van der Waals surface area contributed by atoms with Crippen LogP contribution in [0.2, 0.25) is 0 Å². The van der Waals surface area contributed by atoms with Gasteiger partial charge in [0.25, 0.3) is 0 Å². The summed E-state index contributed by atoms with van der Waals surface area (Å²) in [5, 5.41) is 19.9. The molecular formula is C28H28N4S2. The Morgan fingerprint density at radius 2 is 0.971 bits per heavy atom. The lowest BCUT2D eigenvalue weighted by molar-refractivity contribution is 0.340. The minimum Gasteiger partial charge on any atom is -0.358 e. The molecule has 0 unspecified atom stereocenters. The number of thiocarbonyl (C=S) groups is 2. The molecule has 5 rings (SSSR count). The van der Waals surface area contributed by atoms with Crippen molar-refractivity contribution in [3.63, 3.8) is 0 Å². The average Bonchev–Trinajstić information content (AvgIpc) is 2.86. The van der Waals surface area contributed by atoms with Gasteiger partial charge >= 0.3 is 0 Å². The first-order valence-electron chi connectivity index (χ1n) is 11.8. The molecule has 1 saturated carbocycles. The second-order valence-electron chi connectivity index (χ2n) is 8.75. The summed E-state index contributed by atoms with van der Waals surface area (Å²) in [5.41, 5.74) is 2.04. The highest BCUT2D eigenvalue weighted by atomic mass is 32.1. The summed E-state index contributed by atoms with van der Waals surface area (Å²) in [4.78, 5) is 0. The summed E-state index contributed by atoms with van der Waals surface area (Å²) < 4.78 is 0. The van der Waals surface area contributed by atoms with Gasteiger partial charge in [-0.25, -0.2) is 0 Å². The lowest BCUT2D eigenvalue weighted by Gasteiger charge is -2.34. The maximum atomic E-state index is 5.71. The van der Waals surface area contributed by atoms with Crippen molar-refractivity contribution in [3.05, 3.63) is 84.9 Å². The number of fused-ring (bicyclic) bond motifs is 2. The van der Waals surface area contributed by atoms with Gasteiger partial charge in [0, 0.05) is 34.2 Å². The van der Waals surface area contributed by atoms with Crippen LogP contribution >= 0.6 is 24.4 Å². The van der Waals surface area contributed by atoms with Crippen LogP contribution in [0.5, 0.6) is 0 Å². The van der Waals surface area contributed by atoms with Crippen LogP contribution in [0.1, 0.15) is 25.7 Å². The highest BCUT2D eigenvalue weighted by Gasteiger charge is 2.26. The largest absolute Gasteiger partial charge is 0.358 e. The molecule has 1 fully saturated rings. The summed E-state index contributed by atoms with van der Waals surface area (Å²) >= 11 is 11.4. The third-order valence-electron chi connectivity index (χ3n) is 6.47. The number of benzene rings is 4. The molecule has 0 bridgehead atoms. The van der Waals surface area contributed by atoms with E-state index in [9.17, 15) is 0 Å². The molecule has 172 valence electrons. The Kier molecular flexibility index (Phi) is 6.88. The van der Waals surface area contributed by atoms with Crippen LogP contribution in [0.3, 0.4) is 0 Å². The zero-order valence-corrected chi connectivity index (χ0v) is 20.5. The molecule has 0 heterocycles. The second-order valence-corrected chi connectivity index (χ2v) is 9.56. The first-order valence-corrected chi connectivity index (χ1v) is 12.6. The van der Waals surface area contributed by atoms with E-state index in [1.807, 2.05) is 0 Å². The van der Waals surface area contributed by atoms with E-state index in [-0.39, 0.29) is 12.1 Å². The maximum absolute atomic E-state index is 5.71. The first-order chi connectivity index (χ1) is 16.7. The van der Waals surface area contributed by atoms with Gasteiger partial charge in [0.15, 0.2) is 10.2 Å². The molecule has 0 amide bonds. The van der Waals surface area contributed by atoms with Gasteiger partial charge in [-0.3, -0.25) is 0 Å². The normalized spacial score (nSPS) is 17.8. The highest BCUT2D eigenvalue weighted by molar-refractivity contribution is 7.80. The van der Waals surface area contributed by atoms with Crippen LogP contribution in [-0.4, -0.2) is 22.3 Å². The molecule has 6 heteroatoms. The summed E-state index contributed by atoms with van der Waals surface area (Å²) in [5.74, 6) is 0. The maximum Gasteiger partial charge on any atom is 0.171 e. The average molecular weight is 485 g/mol. The van der Waals surface area contributed by atoms with Crippen LogP contribution in [0.25, 0.3) is 21.5 Å². The molecule has 1 aliphatic rings. The Morgan fingerprint density at radius 3 is 1.44 bits per heavy atom. The van der Waals surface area contributed by atoms with Gasteiger partial charge in [-0.1, -0.05) is 85.6 Å². The number of nitrogens with one attached hydrogen (secondary N) is 4. The van der Waals surface area contributed by atoms with Gasteiger partial charge in [-0.2, -0.15) is 0 Å². The molecule has 2 atom stereocenters. The molecule has 0 aromatic heterocycles. The minimum atomic E-state index is 0.205. The molecule has 4 aromatic rings. The standard InChI is InChI=1S/C28H28N4S2/c33-27(29-23-17-7-11-19-9-1-3-13-21(19)23)31-25-15-5-6-16-26(25)32-28(34)30-24-18-8-12-20-10-2-4-14-22(20)24/h1-4,7-14,17-18,25-26H,5-6,15-16H2,(H2,29,31,33)(H2,30,32,34)/t25-,26-/m0/s1. The number of anilines is 2. The summed E-state index contributed by atoms with van der Waals surface area (Å²) in [6.45, 7) is 0. The van der Waals surface area contributed by atoms with Crippen LogP contribution in [0.4, 0.5) is 11.4 Å². The van der Waals surface area contributed by atoms with E-state index in [2.05, 4.69) is 106 Å². The third kappa shape index (κ3) is 5.13. The Bertz CT molecular complexity index is 1220. The van der Waals surface area contributed by atoms with Crippen molar-refractivity contribution < 1.29 is 0 Å². The second kappa shape index (κ2) is 10.4. The van der Waals surface area contributed by atoms with Crippen molar-refractivity contribution in [2.24, 2.45) is 0 Å². The Labute approximate surface area is 211 Å². The third-order valence-corrected chi connectivity index (χ3v) is 6.91. The lowest BCUT2D eigenvalue weighted by Crippen LogP contribution is -2.54. The molecule has 0 spiro atoms. The van der Waals surface area contributed by atoms with Crippen molar-refractivity contribution in [3.8, 4) is 0 Å². The molecular weight excluding hydrogens is 456 g/mol. The van der Waals surface area contributed by atoms with Crippen molar-refractivity contribution in [2.45, 2.75) is 37.8 Å². The summed E-state index contributed by atoms with van der Waals surface area (Å²) in [7, 11) is 0. The molecule has 4 nitrogen and oxygen atoms in total. The molecule has 0 radical (unpaired) electrons. The topological polar surface area (TPSA) is 48.1 Å². The van der Waals surface area contributed by atoms with Gasteiger partial charge in [0.1, 0.15) is 0 Å². The minimum absolute atomic E-state index is 0.205. The van der Waals surface area contributed by atoms with E-state index >= 15 is 0 Å². The number of hydrogen-bond donors (Lipinski definition) is 4. The highest BCUT2D eigenvalue weighted by Crippen LogP contribution is 2.25. The van der Waals surface area contributed by atoms with Crippen molar-refractivity contribution in [2.75, 3.05) is 10.6 Å². The van der Waals surface area contributed by atoms with Crippen LogP contribution in [-0.2, 0) is 0 Å². The Morgan fingerprint density at radius 1 is 0.559 bits per heavy atom. The summed E-state index contributed by atoms with van der Waals surface area (Å²) in [6.07, 6.45) is 4.45. The van der Waals surface area contributed by atoms with Crippen molar-refractivity contribution in [1.29, 1.82) is 0 Å². The quantitative estimate of drug-likeness (QED) is 0.246. The molecule has 4 N–H and O–H groups in total. The van der Waals surface area contributed by atoms with Gasteiger partial charge in [0.05, 0.1) is 0 Å². The fourth-order valence-corrected chi connectivity index (χ4v) is 5.32. The zero-order chi connectivity index (χ0) is 23.3. The Hall–Kier alpha value is -3.22. The van der Waals surface area contributed by atoms with Crippen molar-refractivity contribution in [1.82, 2.24) is 10.6 Å². The predicted molar refractivity (Wildman–Crippen MR) is 153 cm³/mol. The van der Waals surface area contributed by atoms with Gasteiger partial charge < -0.3 is 21.3 Å². The van der Waals surface area contributed by atoms with Gasteiger partial charge in [-0.05, 0) is 60.2 Å². The summed E-state index contributed by atoms with van der Waals surface area (Å²) in [6, 6.07) is 29.5. The molecule has 0 saturated heterocycles. The molecule has 4 aromatic carbocycles. The zero-order valence-electron chi connectivity index (χ0n) is 18.9. The molecule has 1 aliphatic carbocycles. The van der Waals surface area contributed by atoms with E-state index in [1.165, 1.54) is 23.6 Å². The van der Waals surface area contributed by atoms with Crippen LogP contribution < -0.4 is 21.3 Å². The van der Waals surface area contributed by atoms with E-state index in [4.69, 9.17) is 24.4 Å². The van der Waals surface area contributed by atoms with Crippen molar-refractivity contribution >= 4 is 67.6 Å². The molecule has 34 heavy (non-hydrogen) atoms. The molecule has 0 aliphatic heterocycles. The van der Waals surface area contributed by atoms with Gasteiger partial charge in [-0.15, -0.1) is 0 Å². The smallest absolute Gasteiger partial charge is 0.171 e. The van der Waals surface area contributed by atoms with E-state index in [0.29, 0.717) is 10.2 Å². The lowest BCUT2D eigenvalue weighted by atomic mass is 9.90. The number of rotatable bonds is 4. The predicted octanol–water partition coefficient (Wildman–Crippen LogP) is 6.58. The van der Waals surface area contributed by atoms with E-state index in [0.717, 1.165) is 35.0 Å². The first kappa shape index (κ1) is 22.6. The van der Waals surface area contributed by atoms with Gasteiger partial charge in [0.2, 0.25) is 0 Å². The monoisotopic (exact) mass is 484 g/mol. The van der Waals surface area contributed by atoms with Crippen LogP contribution in [0.15, 0.2) is 84.9 Å². The Balaban J connectivity index is 1.24.